The van der Waals surface area contributed by atoms with Crippen LogP contribution in [0, 0.1) is 0 Å². The topological polar surface area (TPSA) is 87.6 Å². The van der Waals surface area contributed by atoms with Gasteiger partial charge in [-0.15, -0.1) is 0 Å². The monoisotopic (exact) mass is 397 g/mol. The number of aromatic nitrogens is 3. The first-order valence-electron chi connectivity index (χ1n) is 10.1. The van der Waals surface area contributed by atoms with Crippen LogP contribution in [0.2, 0.25) is 0 Å². The smallest absolute Gasteiger partial charge is 0.261 e. The van der Waals surface area contributed by atoms with Crippen molar-refractivity contribution in [3.8, 4) is 0 Å². The van der Waals surface area contributed by atoms with Gasteiger partial charge in [0.05, 0.1) is 36.1 Å². The van der Waals surface area contributed by atoms with Crippen molar-refractivity contribution in [1.82, 2.24) is 19.4 Å². The maximum atomic E-state index is 12.5. The molecule has 0 aliphatic carbocycles. The number of aliphatic hydroxyl groups excluding tert-OH is 1. The van der Waals surface area contributed by atoms with Crippen LogP contribution in [0.5, 0.6) is 0 Å². The molecule has 2 aromatic heterocycles. The second-order valence-corrected chi connectivity index (χ2v) is 7.75. The van der Waals surface area contributed by atoms with Gasteiger partial charge in [-0.25, -0.2) is 9.97 Å². The second kappa shape index (κ2) is 8.34. The van der Waals surface area contributed by atoms with E-state index in [1.807, 2.05) is 18.2 Å². The predicted molar refractivity (Wildman–Crippen MR) is 111 cm³/mol. The lowest BCUT2D eigenvalue weighted by Crippen LogP contribution is -2.46. The van der Waals surface area contributed by atoms with Crippen molar-refractivity contribution in [2.75, 3.05) is 37.7 Å². The molecule has 0 saturated carbocycles. The number of hydrogen-bond donors (Lipinski definition) is 1. The summed E-state index contributed by atoms with van der Waals surface area (Å²) in [6.07, 6.45) is 3.05. The molecule has 0 radical (unpaired) electrons. The maximum Gasteiger partial charge on any atom is 0.261 e. The van der Waals surface area contributed by atoms with E-state index in [4.69, 9.17) is 9.52 Å². The largest absolute Gasteiger partial charge is 0.448 e. The Hall–Kier alpha value is -2.71. The molecule has 1 aliphatic heterocycles. The molecule has 1 N–H and O–H groups in total. The molecule has 0 spiro atoms. The third kappa shape index (κ3) is 4.04. The van der Waals surface area contributed by atoms with Crippen molar-refractivity contribution in [2.24, 2.45) is 0 Å². The molecule has 8 heteroatoms. The first-order chi connectivity index (χ1) is 14.1. The highest BCUT2D eigenvalue weighted by Crippen LogP contribution is 2.23. The van der Waals surface area contributed by atoms with Gasteiger partial charge in [-0.1, -0.05) is 13.8 Å². The van der Waals surface area contributed by atoms with Crippen molar-refractivity contribution in [3.63, 3.8) is 0 Å². The van der Waals surface area contributed by atoms with Crippen molar-refractivity contribution in [1.29, 1.82) is 0 Å². The highest BCUT2D eigenvalue weighted by Gasteiger charge is 2.21. The van der Waals surface area contributed by atoms with Crippen molar-refractivity contribution in [3.05, 3.63) is 52.7 Å². The van der Waals surface area contributed by atoms with Crippen LogP contribution in [0.3, 0.4) is 0 Å². The summed E-state index contributed by atoms with van der Waals surface area (Å²) in [4.78, 5) is 26.0. The summed E-state index contributed by atoms with van der Waals surface area (Å²) in [5.74, 6) is 1.31. The average Bonchev–Trinajstić information content (AvgIpc) is 3.19. The number of fused-ring (bicyclic) bond motifs is 1. The first-order valence-corrected chi connectivity index (χ1v) is 10.1. The summed E-state index contributed by atoms with van der Waals surface area (Å²) < 4.78 is 6.98. The Balaban J connectivity index is 1.44. The minimum Gasteiger partial charge on any atom is -0.448 e. The number of benzene rings is 1. The number of hydrogen-bond acceptors (Lipinski definition) is 7. The van der Waals surface area contributed by atoms with Gasteiger partial charge in [0.15, 0.2) is 6.39 Å². The molecule has 154 valence electrons. The summed E-state index contributed by atoms with van der Waals surface area (Å²) in [6, 6.07) is 5.80. The maximum absolute atomic E-state index is 12.5. The Kier molecular flexibility index (Phi) is 5.64. The van der Waals surface area contributed by atoms with Crippen molar-refractivity contribution in [2.45, 2.75) is 32.9 Å². The molecule has 1 aliphatic rings. The zero-order chi connectivity index (χ0) is 20.4. The lowest BCUT2D eigenvalue weighted by atomic mass is 10.1. The normalized spacial score (nSPS) is 15.5. The standard InChI is InChI=1S/C21H27N5O3/c1-15(2)20-19(23-14-29-20)12-24-5-7-25(8-6-24)16-3-4-17-18(11-16)22-13-26(9-10-27)21(17)28/h3-4,11,13-15,27H,5-10,12H2,1-2H3. The molecule has 1 saturated heterocycles. The van der Waals surface area contributed by atoms with Crippen molar-refractivity contribution >= 4 is 16.6 Å². The van der Waals surface area contributed by atoms with E-state index in [0.717, 1.165) is 49.9 Å². The van der Waals surface area contributed by atoms with Crippen LogP contribution in [-0.4, -0.2) is 57.3 Å². The number of anilines is 1. The molecule has 4 rings (SSSR count). The highest BCUT2D eigenvalue weighted by atomic mass is 16.3. The summed E-state index contributed by atoms with van der Waals surface area (Å²) in [5.41, 5.74) is 2.68. The molecule has 0 bridgehead atoms. The Morgan fingerprint density at radius 1 is 1.17 bits per heavy atom. The van der Waals surface area contributed by atoms with Gasteiger partial charge in [-0.2, -0.15) is 0 Å². The molecule has 1 aromatic carbocycles. The van der Waals surface area contributed by atoms with Crippen LogP contribution in [0.25, 0.3) is 10.9 Å². The Bertz CT molecular complexity index is 1030. The number of nitrogens with zero attached hydrogens (tertiary/aromatic N) is 5. The van der Waals surface area contributed by atoms with Gasteiger partial charge in [0.1, 0.15) is 5.76 Å². The molecular formula is C21H27N5O3. The minimum absolute atomic E-state index is 0.0809. The molecule has 1 fully saturated rings. The second-order valence-electron chi connectivity index (χ2n) is 7.75. The molecule has 3 heterocycles. The first kappa shape index (κ1) is 19.6. The summed E-state index contributed by atoms with van der Waals surface area (Å²) in [5, 5.41) is 9.65. The number of oxazole rings is 1. The number of rotatable bonds is 6. The van der Waals surface area contributed by atoms with E-state index < -0.39 is 0 Å². The van der Waals surface area contributed by atoms with Gasteiger partial charge < -0.3 is 14.4 Å². The number of aliphatic hydroxyl groups is 1. The lowest BCUT2D eigenvalue weighted by Gasteiger charge is -2.36. The van der Waals surface area contributed by atoms with Gasteiger partial charge in [0, 0.05) is 44.3 Å². The number of piperazine rings is 1. The molecular weight excluding hydrogens is 370 g/mol. The average molecular weight is 397 g/mol. The molecule has 3 aromatic rings. The van der Waals surface area contributed by atoms with Gasteiger partial charge in [-0.3, -0.25) is 14.3 Å². The molecule has 0 amide bonds. The van der Waals surface area contributed by atoms with E-state index in [0.29, 0.717) is 16.8 Å². The van der Waals surface area contributed by atoms with E-state index in [2.05, 4.69) is 33.6 Å². The van der Waals surface area contributed by atoms with Crippen LogP contribution < -0.4 is 10.5 Å². The van der Waals surface area contributed by atoms with Crippen LogP contribution in [-0.2, 0) is 13.1 Å². The van der Waals surface area contributed by atoms with E-state index >= 15 is 0 Å². The fourth-order valence-electron chi connectivity index (χ4n) is 3.85. The van der Waals surface area contributed by atoms with E-state index in [9.17, 15) is 4.79 Å². The predicted octanol–water partition coefficient (Wildman–Crippen LogP) is 1.82. The summed E-state index contributed by atoms with van der Waals surface area (Å²) >= 11 is 0. The summed E-state index contributed by atoms with van der Waals surface area (Å²) in [6.45, 7) is 8.91. The summed E-state index contributed by atoms with van der Waals surface area (Å²) in [7, 11) is 0. The van der Waals surface area contributed by atoms with Crippen LogP contribution in [0.1, 0.15) is 31.2 Å². The van der Waals surface area contributed by atoms with Gasteiger partial charge in [-0.05, 0) is 18.2 Å². The zero-order valence-electron chi connectivity index (χ0n) is 16.9. The minimum atomic E-state index is -0.117. The zero-order valence-corrected chi connectivity index (χ0v) is 16.9. The molecule has 29 heavy (non-hydrogen) atoms. The molecule has 0 unspecified atom stereocenters. The molecule has 0 atom stereocenters. The molecule has 8 nitrogen and oxygen atoms in total. The van der Waals surface area contributed by atoms with Gasteiger partial charge >= 0.3 is 0 Å². The SMILES string of the molecule is CC(C)c1ocnc1CN1CCN(c2ccc3c(=O)n(CCO)cnc3c2)CC1. The van der Waals surface area contributed by atoms with Crippen LogP contribution in [0.4, 0.5) is 5.69 Å². The van der Waals surface area contributed by atoms with E-state index in [-0.39, 0.29) is 18.7 Å². The van der Waals surface area contributed by atoms with E-state index in [1.165, 1.54) is 17.3 Å². The fourth-order valence-corrected chi connectivity index (χ4v) is 3.85. The van der Waals surface area contributed by atoms with Gasteiger partial charge in [0.2, 0.25) is 0 Å². The van der Waals surface area contributed by atoms with Crippen LogP contribution in [0.15, 0.2) is 40.1 Å². The van der Waals surface area contributed by atoms with E-state index in [1.54, 1.807) is 0 Å². The quantitative estimate of drug-likeness (QED) is 0.679. The third-order valence-electron chi connectivity index (χ3n) is 5.46. The Labute approximate surface area is 169 Å². The van der Waals surface area contributed by atoms with Crippen molar-refractivity contribution < 1.29 is 9.52 Å². The van der Waals surface area contributed by atoms with Crippen LogP contribution >= 0.6 is 0 Å². The third-order valence-corrected chi connectivity index (χ3v) is 5.46. The van der Waals surface area contributed by atoms with Gasteiger partial charge in [0.25, 0.3) is 5.56 Å². The Morgan fingerprint density at radius 2 is 1.97 bits per heavy atom. The highest BCUT2D eigenvalue weighted by molar-refractivity contribution is 5.81. The Morgan fingerprint density at radius 3 is 2.69 bits per heavy atom. The fraction of sp³-hybridized carbons (Fsp3) is 0.476. The lowest BCUT2D eigenvalue weighted by molar-refractivity contribution is 0.245.